The first-order valence-electron chi connectivity index (χ1n) is 12.5. The Morgan fingerprint density at radius 2 is 1.60 bits per heavy atom. The number of carbonyl (C=O) groups is 1. The molecule has 0 saturated carbocycles. The highest BCUT2D eigenvalue weighted by molar-refractivity contribution is 6.04. The summed E-state index contributed by atoms with van der Waals surface area (Å²) < 4.78 is 14.6. The van der Waals surface area contributed by atoms with Crippen molar-refractivity contribution in [3.8, 4) is 33.6 Å². The Labute approximate surface area is 227 Å². The van der Waals surface area contributed by atoms with Gasteiger partial charge in [0.1, 0.15) is 17.2 Å². The van der Waals surface area contributed by atoms with Gasteiger partial charge in [0.25, 0.3) is 5.91 Å². The van der Waals surface area contributed by atoms with Crippen LogP contribution in [-0.2, 0) is 0 Å². The molecule has 0 aliphatic heterocycles. The second-order valence-corrected chi connectivity index (χ2v) is 9.26. The lowest BCUT2D eigenvalue weighted by Gasteiger charge is -2.07. The minimum absolute atomic E-state index is 0.215. The Morgan fingerprint density at radius 1 is 0.775 bits per heavy atom. The molecule has 0 unspecified atom stereocenters. The molecule has 1 amide bonds. The molecule has 0 aliphatic rings. The Bertz CT molecular complexity index is 2030. The Hall–Kier alpha value is -5.70. The molecule has 0 bridgehead atoms. The number of aromatic amines is 2. The van der Waals surface area contributed by atoms with E-state index in [0.717, 1.165) is 33.2 Å². The molecule has 3 N–H and O–H groups in total. The third kappa shape index (κ3) is 4.15. The van der Waals surface area contributed by atoms with Crippen LogP contribution in [0.3, 0.4) is 0 Å². The summed E-state index contributed by atoms with van der Waals surface area (Å²) >= 11 is 0. The third-order valence-corrected chi connectivity index (χ3v) is 6.73. The highest BCUT2D eigenvalue weighted by atomic mass is 19.1. The van der Waals surface area contributed by atoms with Crippen LogP contribution in [0.5, 0.6) is 0 Å². The first kappa shape index (κ1) is 23.4. The second kappa shape index (κ2) is 9.55. The molecule has 0 aliphatic carbocycles. The number of H-pyrrole nitrogens is 2. The van der Waals surface area contributed by atoms with E-state index in [0.29, 0.717) is 33.8 Å². The number of anilines is 1. The van der Waals surface area contributed by atoms with Crippen molar-refractivity contribution in [2.45, 2.75) is 0 Å². The van der Waals surface area contributed by atoms with E-state index in [9.17, 15) is 9.18 Å². The Kier molecular flexibility index (Phi) is 5.59. The van der Waals surface area contributed by atoms with Gasteiger partial charge in [-0.15, -0.1) is 0 Å². The van der Waals surface area contributed by atoms with Crippen LogP contribution in [-0.4, -0.2) is 36.0 Å². The number of pyridine rings is 3. The van der Waals surface area contributed by atoms with E-state index in [2.05, 4.69) is 35.5 Å². The first-order valence-corrected chi connectivity index (χ1v) is 12.5. The number of fused-ring (bicyclic) bond motifs is 2. The van der Waals surface area contributed by atoms with Crippen molar-refractivity contribution in [2.24, 2.45) is 0 Å². The molecule has 2 aromatic carbocycles. The zero-order valence-electron chi connectivity index (χ0n) is 20.9. The molecular weight excluding hydrogens is 505 g/mol. The number of nitrogens with zero attached hydrogens (tertiary/aromatic N) is 4. The Morgan fingerprint density at radius 3 is 2.48 bits per heavy atom. The molecule has 8 nitrogen and oxygen atoms in total. The number of hydrogen-bond acceptors (Lipinski definition) is 5. The van der Waals surface area contributed by atoms with Gasteiger partial charge in [-0.2, -0.15) is 5.10 Å². The average Bonchev–Trinajstić information content (AvgIpc) is 3.62. The highest BCUT2D eigenvalue weighted by Crippen LogP contribution is 2.35. The van der Waals surface area contributed by atoms with Gasteiger partial charge in [0.05, 0.1) is 17.6 Å². The molecule has 0 fully saturated rings. The van der Waals surface area contributed by atoms with Crippen LogP contribution in [0.2, 0.25) is 0 Å². The third-order valence-electron chi connectivity index (χ3n) is 6.73. The number of nitrogens with one attached hydrogen (secondary N) is 3. The highest BCUT2D eigenvalue weighted by Gasteiger charge is 2.17. The van der Waals surface area contributed by atoms with Crippen LogP contribution in [0, 0.1) is 5.82 Å². The summed E-state index contributed by atoms with van der Waals surface area (Å²) in [5.41, 5.74) is 6.58. The molecule has 5 aromatic heterocycles. The maximum Gasteiger partial charge on any atom is 0.255 e. The number of aromatic nitrogens is 6. The molecule has 7 rings (SSSR count). The number of carbonyl (C=O) groups excluding carboxylic acids is 1. The summed E-state index contributed by atoms with van der Waals surface area (Å²) in [5, 5.41) is 12.0. The van der Waals surface area contributed by atoms with Crippen molar-refractivity contribution in [1.82, 2.24) is 30.1 Å². The summed E-state index contributed by atoms with van der Waals surface area (Å²) in [6.45, 7) is 0. The fraction of sp³-hybridized carbons (Fsp3) is 0. The molecule has 5 heterocycles. The van der Waals surface area contributed by atoms with Crippen LogP contribution >= 0.6 is 0 Å². The quantitative estimate of drug-likeness (QED) is 0.234. The predicted octanol–water partition coefficient (Wildman–Crippen LogP) is 6.62. The summed E-state index contributed by atoms with van der Waals surface area (Å²) in [6.07, 6.45) is 6.70. The zero-order chi connectivity index (χ0) is 27.1. The minimum Gasteiger partial charge on any atom is -0.338 e. The van der Waals surface area contributed by atoms with Crippen LogP contribution in [0.1, 0.15) is 10.4 Å². The maximum atomic E-state index is 14.6. The van der Waals surface area contributed by atoms with Crippen molar-refractivity contribution in [3.05, 3.63) is 115 Å². The fourth-order valence-corrected chi connectivity index (χ4v) is 4.79. The van der Waals surface area contributed by atoms with Crippen LogP contribution < -0.4 is 5.32 Å². The van der Waals surface area contributed by atoms with E-state index in [1.165, 1.54) is 6.07 Å². The van der Waals surface area contributed by atoms with Crippen LogP contribution in [0.25, 0.3) is 55.7 Å². The van der Waals surface area contributed by atoms with E-state index in [4.69, 9.17) is 0 Å². The van der Waals surface area contributed by atoms with Gasteiger partial charge in [0.15, 0.2) is 5.65 Å². The lowest BCUT2D eigenvalue weighted by atomic mass is 10.0. The van der Waals surface area contributed by atoms with Crippen molar-refractivity contribution in [1.29, 1.82) is 0 Å². The van der Waals surface area contributed by atoms with Crippen molar-refractivity contribution in [2.75, 3.05) is 5.32 Å². The minimum atomic E-state index is -0.299. The van der Waals surface area contributed by atoms with Gasteiger partial charge >= 0.3 is 0 Å². The summed E-state index contributed by atoms with van der Waals surface area (Å²) in [6, 6.07) is 23.2. The standard InChI is InChI=1S/C31H20FN7O/c32-26-9-5-4-8-23(26)22-10-11-34-29-24(22)14-27(37-29)28-25-13-20(16-35-30(25)39-38-28)19-12-21(17-33-15-19)36-31(40)18-6-2-1-3-7-18/h1-17H,(H,34,37)(H,36,40)(H,35,38,39). The fourth-order valence-electron chi connectivity index (χ4n) is 4.79. The lowest BCUT2D eigenvalue weighted by Crippen LogP contribution is -2.11. The largest absolute Gasteiger partial charge is 0.338 e. The van der Waals surface area contributed by atoms with E-state index < -0.39 is 0 Å². The predicted molar refractivity (Wildman–Crippen MR) is 152 cm³/mol. The van der Waals surface area contributed by atoms with Gasteiger partial charge in [0, 0.05) is 51.6 Å². The molecule has 7 aromatic rings. The van der Waals surface area contributed by atoms with E-state index in [-0.39, 0.29) is 11.7 Å². The topological polar surface area (TPSA) is 112 Å². The zero-order valence-corrected chi connectivity index (χ0v) is 20.9. The van der Waals surface area contributed by atoms with Gasteiger partial charge in [-0.05, 0) is 48.0 Å². The van der Waals surface area contributed by atoms with Crippen molar-refractivity contribution >= 4 is 33.7 Å². The maximum absolute atomic E-state index is 14.6. The number of amides is 1. The first-order chi connectivity index (χ1) is 19.6. The second-order valence-electron chi connectivity index (χ2n) is 9.26. The van der Waals surface area contributed by atoms with Crippen LogP contribution in [0.15, 0.2) is 104 Å². The van der Waals surface area contributed by atoms with Gasteiger partial charge in [0.2, 0.25) is 0 Å². The molecule has 9 heteroatoms. The SMILES string of the molecule is O=C(Nc1cncc(-c2cnc3[nH]nc(-c4cc5c(-c6ccccc6F)ccnc5[nH]4)c3c2)c1)c1ccccc1. The molecule has 0 atom stereocenters. The normalized spacial score (nSPS) is 11.2. The number of benzene rings is 2. The smallest absolute Gasteiger partial charge is 0.255 e. The summed E-state index contributed by atoms with van der Waals surface area (Å²) in [5.74, 6) is -0.514. The molecule has 192 valence electrons. The molecule has 0 spiro atoms. The number of halogens is 1. The van der Waals surface area contributed by atoms with Gasteiger partial charge in [-0.1, -0.05) is 36.4 Å². The molecule has 40 heavy (non-hydrogen) atoms. The molecule has 0 radical (unpaired) electrons. The Balaban J connectivity index is 1.26. The van der Waals surface area contributed by atoms with E-state index in [1.807, 2.05) is 42.5 Å². The van der Waals surface area contributed by atoms with Crippen molar-refractivity contribution < 1.29 is 9.18 Å². The average molecular weight is 526 g/mol. The van der Waals surface area contributed by atoms with E-state index in [1.54, 1.807) is 55.1 Å². The van der Waals surface area contributed by atoms with Crippen LogP contribution in [0.4, 0.5) is 10.1 Å². The van der Waals surface area contributed by atoms with Crippen molar-refractivity contribution in [3.63, 3.8) is 0 Å². The van der Waals surface area contributed by atoms with Gasteiger partial charge in [-0.3, -0.25) is 14.9 Å². The molecule has 0 saturated heterocycles. The molecular formula is C31H20FN7O. The summed E-state index contributed by atoms with van der Waals surface area (Å²) in [4.78, 5) is 29.3. The monoisotopic (exact) mass is 525 g/mol. The lowest BCUT2D eigenvalue weighted by molar-refractivity contribution is 0.102. The number of hydrogen-bond donors (Lipinski definition) is 3. The van der Waals surface area contributed by atoms with E-state index >= 15 is 0 Å². The van der Waals surface area contributed by atoms with Gasteiger partial charge < -0.3 is 10.3 Å². The summed E-state index contributed by atoms with van der Waals surface area (Å²) in [7, 11) is 0. The van der Waals surface area contributed by atoms with Gasteiger partial charge in [-0.25, -0.2) is 14.4 Å². The number of rotatable bonds is 5.